The van der Waals surface area contributed by atoms with Crippen LogP contribution in [0.25, 0.3) is 0 Å². The van der Waals surface area contributed by atoms with Crippen LogP contribution in [0.4, 0.5) is 0 Å². The van der Waals surface area contributed by atoms with E-state index < -0.39 is 0 Å². The van der Waals surface area contributed by atoms with Crippen molar-refractivity contribution in [1.82, 2.24) is 10.2 Å². The highest BCUT2D eigenvalue weighted by atomic mass is 35.5. The normalized spacial score (nSPS) is 16.4. The second kappa shape index (κ2) is 10.2. The highest BCUT2D eigenvalue weighted by molar-refractivity contribution is 5.85. The second-order valence-corrected chi connectivity index (χ2v) is 6.34. The molecule has 0 aromatic heterocycles. The Morgan fingerprint density at radius 2 is 1.85 bits per heavy atom. The van der Waals surface area contributed by atoms with Crippen LogP contribution in [0.5, 0.6) is 11.5 Å². The standard InChI is InChI=1S/C21H26N2O3.ClH/c1-3-16-8-10-17(11-9-16)18-14-22-12-13-23(18)21(24)15-26-20-7-5-4-6-19(20)25-2;/h4-11,18,22H,3,12-15H2,1-2H3;1H. The molecule has 1 aliphatic rings. The number of ether oxygens (including phenoxy) is 2. The first-order chi connectivity index (χ1) is 12.7. The van der Waals surface area contributed by atoms with Gasteiger partial charge in [0, 0.05) is 19.6 Å². The maximum atomic E-state index is 12.8. The average Bonchev–Trinajstić information content (AvgIpc) is 2.72. The SMILES string of the molecule is CCc1ccc(C2CNCCN2C(=O)COc2ccccc2OC)cc1.Cl. The molecular formula is C21H27ClN2O3. The first kappa shape index (κ1) is 21.1. The highest BCUT2D eigenvalue weighted by Gasteiger charge is 2.28. The maximum absolute atomic E-state index is 12.8. The molecule has 1 amide bonds. The van der Waals surface area contributed by atoms with E-state index in [1.54, 1.807) is 7.11 Å². The lowest BCUT2D eigenvalue weighted by atomic mass is 10.0. The summed E-state index contributed by atoms with van der Waals surface area (Å²) in [7, 11) is 1.59. The molecule has 146 valence electrons. The number of rotatable bonds is 6. The summed E-state index contributed by atoms with van der Waals surface area (Å²) in [5, 5.41) is 3.38. The lowest BCUT2D eigenvalue weighted by molar-refractivity contribution is -0.136. The van der Waals surface area contributed by atoms with Crippen molar-refractivity contribution in [2.45, 2.75) is 19.4 Å². The number of halogens is 1. The Kier molecular flexibility index (Phi) is 7.95. The summed E-state index contributed by atoms with van der Waals surface area (Å²) >= 11 is 0. The molecule has 1 unspecified atom stereocenters. The van der Waals surface area contributed by atoms with Gasteiger partial charge >= 0.3 is 0 Å². The molecule has 2 aromatic carbocycles. The molecule has 1 atom stereocenters. The molecule has 1 fully saturated rings. The van der Waals surface area contributed by atoms with Gasteiger partial charge in [0.15, 0.2) is 18.1 Å². The fourth-order valence-electron chi connectivity index (χ4n) is 3.24. The summed E-state index contributed by atoms with van der Waals surface area (Å²) in [6, 6.07) is 15.9. The van der Waals surface area contributed by atoms with Crippen molar-refractivity contribution in [1.29, 1.82) is 0 Å². The topological polar surface area (TPSA) is 50.8 Å². The lowest BCUT2D eigenvalue weighted by Crippen LogP contribution is -2.50. The molecule has 6 heteroatoms. The minimum absolute atomic E-state index is 0. The Hall–Kier alpha value is -2.24. The molecule has 1 aliphatic heterocycles. The molecule has 0 saturated carbocycles. The third kappa shape index (κ3) is 5.15. The summed E-state index contributed by atoms with van der Waals surface area (Å²) in [4.78, 5) is 14.7. The number of nitrogens with one attached hydrogen (secondary N) is 1. The van der Waals surface area contributed by atoms with Gasteiger partial charge in [-0.2, -0.15) is 0 Å². The second-order valence-electron chi connectivity index (χ2n) is 6.34. The largest absolute Gasteiger partial charge is 0.493 e. The van der Waals surface area contributed by atoms with Gasteiger partial charge < -0.3 is 19.7 Å². The van der Waals surface area contributed by atoms with Crippen LogP contribution in [0.15, 0.2) is 48.5 Å². The third-order valence-corrected chi connectivity index (χ3v) is 4.76. The van der Waals surface area contributed by atoms with E-state index >= 15 is 0 Å². The molecule has 0 spiro atoms. The summed E-state index contributed by atoms with van der Waals surface area (Å²) in [6.07, 6.45) is 1.01. The van der Waals surface area contributed by atoms with Crippen LogP contribution in [0.3, 0.4) is 0 Å². The van der Waals surface area contributed by atoms with Gasteiger partial charge in [-0.1, -0.05) is 43.3 Å². The van der Waals surface area contributed by atoms with E-state index in [1.807, 2.05) is 29.2 Å². The molecule has 2 aromatic rings. The predicted molar refractivity (Wildman–Crippen MR) is 109 cm³/mol. The average molecular weight is 391 g/mol. The van der Waals surface area contributed by atoms with Gasteiger partial charge in [0.25, 0.3) is 5.91 Å². The lowest BCUT2D eigenvalue weighted by Gasteiger charge is -2.36. The van der Waals surface area contributed by atoms with E-state index in [4.69, 9.17) is 9.47 Å². The summed E-state index contributed by atoms with van der Waals surface area (Å²) in [5.41, 5.74) is 2.45. The van der Waals surface area contributed by atoms with Crippen molar-refractivity contribution in [3.8, 4) is 11.5 Å². The predicted octanol–water partition coefficient (Wildman–Crippen LogP) is 3.23. The van der Waals surface area contributed by atoms with Crippen LogP contribution >= 0.6 is 12.4 Å². The Labute approximate surface area is 167 Å². The molecule has 27 heavy (non-hydrogen) atoms. The summed E-state index contributed by atoms with van der Waals surface area (Å²) in [5.74, 6) is 1.21. The third-order valence-electron chi connectivity index (χ3n) is 4.76. The van der Waals surface area contributed by atoms with Crippen LogP contribution in [0.1, 0.15) is 24.1 Å². The highest BCUT2D eigenvalue weighted by Crippen LogP contribution is 2.27. The molecule has 1 N–H and O–H groups in total. The first-order valence-corrected chi connectivity index (χ1v) is 9.07. The zero-order valence-electron chi connectivity index (χ0n) is 15.8. The van der Waals surface area contributed by atoms with Crippen molar-refractivity contribution >= 4 is 18.3 Å². The van der Waals surface area contributed by atoms with Gasteiger partial charge in [-0.25, -0.2) is 0 Å². The van der Waals surface area contributed by atoms with E-state index in [1.165, 1.54) is 5.56 Å². The van der Waals surface area contributed by atoms with E-state index in [2.05, 4.69) is 36.5 Å². The molecule has 5 nitrogen and oxygen atoms in total. The number of carbonyl (C=O) groups is 1. The zero-order valence-corrected chi connectivity index (χ0v) is 16.6. The number of carbonyl (C=O) groups excluding carboxylic acids is 1. The van der Waals surface area contributed by atoms with E-state index in [0.717, 1.165) is 25.1 Å². The number of para-hydroxylation sites is 2. The number of amides is 1. The van der Waals surface area contributed by atoms with Crippen LogP contribution < -0.4 is 14.8 Å². The Morgan fingerprint density at radius 3 is 2.52 bits per heavy atom. The number of hydrogen-bond donors (Lipinski definition) is 1. The van der Waals surface area contributed by atoms with E-state index in [0.29, 0.717) is 18.0 Å². The molecule has 3 rings (SSSR count). The minimum Gasteiger partial charge on any atom is -0.493 e. The van der Waals surface area contributed by atoms with Gasteiger partial charge in [0.1, 0.15) is 0 Å². The number of methoxy groups -OCH3 is 1. The van der Waals surface area contributed by atoms with Crippen molar-refractivity contribution in [3.05, 3.63) is 59.7 Å². The fourth-order valence-corrected chi connectivity index (χ4v) is 3.24. The van der Waals surface area contributed by atoms with E-state index in [9.17, 15) is 4.79 Å². The Balaban J connectivity index is 0.00000261. The number of aryl methyl sites for hydroxylation is 1. The number of benzene rings is 2. The first-order valence-electron chi connectivity index (χ1n) is 9.07. The maximum Gasteiger partial charge on any atom is 0.261 e. The van der Waals surface area contributed by atoms with Gasteiger partial charge in [-0.3, -0.25) is 4.79 Å². The monoisotopic (exact) mass is 390 g/mol. The molecule has 0 bridgehead atoms. The van der Waals surface area contributed by atoms with Crippen LogP contribution in [-0.2, 0) is 11.2 Å². The number of piperazine rings is 1. The fraction of sp³-hybridized carbons (Fsp3) is 0.381. The molecule has 0 aliphatic carbocycles. The van der Waals surface area contributed by atoms with Crippen LogP contribution in [-0.4, -0.2) is 44.2 Å². The molecule has 1 heterocycles. The van der Waals surface area contributed by atoms with Crippen LogP contribution in [0, 0.1) is 0 Å². The molecule has 0 radical (unpaired) electrons. The summed E-state index contributed by atoms with van der Waals surface area (Å²) < 4.78 is 11.0. The van der Waals surface area contributed by atoms with Crippen LogP contribution in [0.2, 0.25) is 0 Å². The van der Waals surface area contributed by atoms with Gasteiger partial charge in [0.2, 0.25) is 0 Å². The Bertz CT molecular complexity index is 736. The molecule has 1 saturated heterocycles. The smallest absolute Gasteiger partial charge is 0.261 e. The van der Waals surface area contributed by atoms with Gasteiger partial charge in [-0.05, 0) is 29.7 Å². The Morgan fingerprint density at radius 1 is 1.15 bits per heavy atom. The van der Waals surface area contributed by atoms with Crippen molar-refractivity contribution in [2.24, 2.45) is 0 Å². The van der Waals surface area contributed by atoms with Crippen molar-refractivity contribution in [3.63, 3.8) is 0 Å². The molecular weight excluding hydrogens is 364 g/mol. The van der Waals surface area contributed by atoms with E-state index in [-0.39, 0.29) is 31.0 Å². The summed E-state index contributed by atoms with van der Waals surface area (Å²) in [6.45, 7) is 4.37. The zero-order chi connectivity index (χ0) is 18.4. The van der Waals surface area contributed by atoms with Gasteiger partial charge in [0.05, 0.1) is 13.2 Å². The van der Waals surface area contributed by atoms with Gasteiger partial charge in [-0.15, -0.1) is 12.4 Å². The number of hydrogen-bond acceptors (Lipinski definition) is 4. The quantitative estimate of drug-likeness (QED) is 0.822. The van der Waals surface area contributed by atoms with Crippen molar-refractivity contribution < 1.29 is 14.3 Å². The number of nitrogens with zero attached hydrogens (tertiary/aromatic N) is 1. The van der Waals surface area contributed by atoms with Crippen molar-refractivity contribution in [2.75, 3.05) is 33.4 Å². The minimum atomic E-state index is -0.0121.